The summed E-state index contributed by atoms with van der Waals surface area (Å²) in [4.78, 5) is 5.20. The summed E-state index contributed by atoms with van der Waals surface area (Å²) < 4.78 is 0. The van der Waals surface area contributed by atoms with Crippen LogP contribution in [0.25, 0.3) is 0 Å². The highest BCUT2D eigenvalue weighted by Crippen LogP contribution is 2.29. The summed E-state index contributed by atoms with van der Waals surface area (Å²) in [6.07, 6.45) is 6.25. The van der Waals surface area contributed by atoms with Gasteiger partial charge < -0.3 is 10.0 Å². The van der Waals surface area contributed by atoms with Crippen LogP contribution in [0.4, 0.5) is 0 Å². The van der Waals surface area contributed by atoms with Gasteiger partial charge in [0, 0.05) is 32.7 Å². The number of nitrogens with zero attached hydrogens (tertiary/aromatic N) is 2. The van der Waals surface area contributed by atoms with E-state index in [2.05, 4.69) is 73.6 Å². The predicted molar refractivity (Wildman–Crippen MR) is 153 cm³/mol. The van der Waals surface area contributed by atoms with E-state index in [0.717, 1.165) is 57.7 Å². The van der Waals surface area contributed by atoms with E-state index in [-0.39, 0.29) is 0 Å². The fourth-order valence-electron chi connectivity index (χ4n) is 5.35. The molecule has 5 rings (SSSR count). The number of benzene rings is 2. The number of piperidine rings is 1. The van der Waals surface area contributed by atoms with Gasteiger partial charge in [-0.1, -0.05) is 66.7 Å². The molecular weight excluding hydrogens is 467 g/mol. The maximum absolute atomic E-state index is 11.0. The topological polar surface area (TPSA) is 26.7 Å². The van der Waals surface area contributed by atoms with Crippen molar-refractivity contribution in [3.8, 4) is 0 Å². The molecule has 3 heterocycles. The standard InChI is InChI=1S/C26H37N2OP.C4H4S/c29-26(13-4-7-22-5-2-1-3-6-22)14-17-27(18-15-26)20-24-12-16-28(21-24)19-23-8-10-25(30)11-9-23;1-2-4-5-3-1/h1-3,5-6,8-11,24,29H,4,7,12-21,30H2;1-4H/t24-;/m1./s1. The monoisotopic (exact) mass is 508 g/mol. The zero-order chi connectivity index (χ0) is 24.3. The van der Waals surface area contributed by atoms with Crippen molar-refractivity contribution in [1.29, 1.82) is 0 Å². The molecule has 3 nitrogen and oxygen atoms in total. The third kappa shape index (κ3) is 9.12. The van der Waals surface area contributed by atoms with E-state index < -0.39 is 5.60 Å². The Morgan fingerprint density at radius 3 is 2.23 bits per heavy atom. The smallest absolute Gasteiger partial charge is 0.0672 e. The molecule has 188 valence electrons. The van der Waals surface area contributed by atoms with Crippen molar-refractivity contribution in [3.63, 3.8) is 0 Å². The van der Waals surface area contributed by atoms with Crippen molar-refractivity contribution in [2.75, 3.05) is 32.7 Å². The molecule has 0 bridgehead atoms. The lowest BCUT2D eigenvalue weighted by molar-refractivity contribution is -0.0313. The molecule has 2 aromatic carbocycles. The molecule has 1 N–H and O–H groups in total. The first-order valence-electron chi connectivity index (χ1n) is 13.1. The van der Waals surface area contributed by atoms with Crippen molar-refractivity contribution in [2.45, 2.75) is 50.7 Å². The fourth-order valence-corrected chi connectivity index (χ4v) is 5.99. The Labute approximate surface area is 218 Å². The van der Waals surface area contributed by atoms with Crippen LogP contribution in [-0.2, 0) is 13.0 Å². The minimum absolute atomic E-state index is 0.448. The van der Waals surface area contributed by atoms with Crippen molar-refractivity contribution >= 4 is 25.9 Å². The highest BCUT2D eigenvalue weighted by atomic mass is 32.1. The van der Waals surface area contributed by atoms with Gasteiger partial charge in [-0.05, 0) is 78.2 Å². The summed E-state index contributed by atoms with van der Waals surface area (Å²) in [7, 11) is 2.76. The predicted octanol–water partition coefficient (Wildman–Crippen LogP) is 5.61. The molecule has 2 atom stereocenters. The van der Waals surface area contributed by atoms with Gasteiger partial charge in [-0.2, -0.15) is 11.3 Å². The van der Waals surface area contributed by atoms with Crippen LogP contribution in [0.1, 0.15) is 43.2 Å². The fraction of sp³-hybridized carbons (Fsp3) is 0.467. The molecule has 1 unspecified atom stereocenters. The number of likely N-dealkylation sites (tertiary alicyclic amines) is 2. The molecule has 0 aliphatic carbocycles. The highest BCUT2D eigenvalue weighted by Gasteiger charge is 2.33. The van der Waals surface area contributed by atoms with Gasteiger partial charge in [0.05, 0.1) is 5.60 Å². The molecule has 2 fully saturated rings. The van der Waals surface area contributed by atoms with Gasteiger partial charge in [-0.3, -0.25) is 4.90 Å². The Morgan fingerprint density at radius 2 is 1.57 bits per heavy atom. The minimum Gasteiger partial charge on any atom is -0.390 e. The van der Waals surface area contributed by atoms with Crippen molar-refractivity contribution in [2.24, 2.45) is 5.92 Å². The molecule has 0 saturated carbocycles. The zero-order valence-corrected chi connectivity index (χ0v) is 22.9. The largest absolute Gasteiger partial charge is 0.390 e. The number of rotatable bonds is 8. The Morgan fingerprint density at radius 1 is 0.857 bits per heavy atom. The molecule has 5 heteroatoms. The van der Waals surface area contributed by atoms with Gasteiger partial charge in [-0.25, -0.2) is 0 Å². The van der Waals surface area contributed by atoms with Crippen LogP contribution in [0.5, 0.6) is 0 Å². The van der Waals surface area contributed by atoms with E-state index in [4.69, 9.17) is 0 Å². The third-order valence-corrected chi connectivity index (χ3v) is 8.45. The Hall–Kier alpha value is -1.55. The van der Waals surface area contributed by atoms with Crippen molar-refractivity contribution < 1.29 is 5.11 Å². The number of aliphatic hydroxyl groups is 1. The molecule has 2 aliphatic rings. The molecule has 2 aliphatic heterocycles. The molecule has 0 spiro atoms. The van der Waals surface area contributed by atoms with Crippen LogP contribution in [0.15, 0.2) is 77.5 Å². The lowest BCUT2D eigenvalue weighted by Crippen LogP contribution is -2.46. The average Bonchev–Trinajstić information content (AvgIpc) is 3.59. The molecular formula is C30H41N2OPS. The van der Waals surface area contributed by atoms with Gasteiger partial charge in [0.2, 0.25) is 0 Å². The second-order valence-electron chi connectivity index (χ2n) is 10.3. The lowest BCUT2D eigenvalue weighted by atomic mass is 9.85. The van der Waals surface area contributed by atoms with Gasteiger partial charge in [-0.15, -0.1) is 9.24 Å². The summed E-state index contributed by atoms with van der Waals surface area (Å²) in [5.74, 6) is 0.773. The molecule has 0 amide bonds. The van der Waals surface area contributed by atoms with Crippen LogP contribution >= 0.6 is 20.6 Å². The van der Waals surface area contributed by atoms with Crippen LogP contribution in [0.2, 0.25) is 0 Å². The summed E-state index contributed by atoms with van der Waals surface area (Å²) in [5.41, 5.74) is 2.35. The molecule has 3 aromatic rings. The van der Waals surface area contributed by atoms with E-state index in [9.17, 15) is 5.11 Å². The molecule has 2 saturated heterocycles. The van der Waals surface area contributed by atoms with Crippen molar-refractivity contribution in [1.82, 2.24) is 9.80 Å². The van der Waals surface area contributed by atoms with E-state index in [0.29, 0.717) is 0 Å². The number of hydrogen-bond acceptors (Lipinski definition) is 4. The van der Waals surface area contributed by atoms with E-state index in [1.54, 1.807) is 11.3 Å². The van der Waals surface area contributed by atoms with E-state index >= 15 is 0 Å². The minimum atomic E-state index is -0.448. The molecule has 35 heavy (non-hydrogen) atoms. The van der Waals surface area contributed by atoms with Crippen LogP contribution in [-0.4, -0.2) is 53.2 Å². The third-order valence-electron chi connectivity index (χ3n) is 7.43. The Bertz CT molecular complexity index is 939. The zero-order valence-electron chi connectivity index (χ0n) is 20.9. The quantitative estimate of drug-likeness (QED) is 0.401. The van der Waals surface area contributed by atoms with Gasteiger partial charge in [0.1, 0.15) is 0 Å². The summed E-state index contributed by atoms with van der Waals surface area (Å²) >= 11 is 1.71. The summed E-state index contributed by atoms with van der Waals surface area (Å²) in [5, 5.41) is 16.4. The first-order valence-corrected chi connectivity index (χ1v) is 14.6. The first kappa shape index (κ1) is 26.5. The van der Waals surface area contributed by atoms with Gasteiger partial charge >= 0.3 is 0 Å². The Balaban J connectivity index is 0.000000514. The molecule has 1 aromatic heterocycles. The van der Waals surface area contributed by atoms with Crippen LogP contribution < -0.4 is 5.30 Å². The van der Waals surface area contributed by atoms with E-state index in [1.807, 2.05) is 22.9 Å². The second-order valence-corrected chi connectivity index (χ2v) is 11.8. The normalized spacial score (nSPS) is 20.3. The van der Waals surface area contributed by atoms with Gasteiger partial charge in [0.15, 0.2) is 0 Å². The summed E-state index contributed by atoms with van der Waals surface area (Å²) in [6, 6.07) is 23.6. The SMILES string of the molecule is OC1(CCCc2ccccc2)CCN(C[C@H]2CCN(Cc3ccc(P)cc3)C2)CC1.c1ccsc1. The lowest BCUT2D eigenvalue weighted by Gasteiger charge is -2.39. The van der Waals surface area contributed by atoms with Gasteiger partial charge in [0.25, 0.3) is 0 Å². The number of thiophene rings is 1. The highest BCUT2D eigenvalue weighted by molar-refractivity contribution is 7.27. The Kier molecular flexibility index (Phi) is 10.4. The van der Waals surface area contributed by atoms with Crippen molar-refractivity contribution in [3.05, 3.63) is 88.6 Å². The molecule has 0 radical (unpaired) electrons. The van der Waals surface area contributed by atoms with Crippen LogP contribution in [0.3, 0.4) is 0 Å². The van der Waals surface area contributed by atoms with E-state index in [1.165, 1.54) is 42.5 Å². The van der Waals surface area contributed by atoms with Crippen LogP contribution in [0, 0.1) is 5.92 Å². The number of aryl methyl sites for hydroxylation is 1. The number of hydrogen-bond donors (Lipinski definition) is 1. The average molecular weight is 509 g/mol. The summed E-state index contributed by atoms with van der Waals surface area (Å²) in [6.45, 7) is 6.79. The second kappa shape index (κ2) is 13.7. The maximum Gasteiger partial charge on any atom is 0.0672 e. The first-order chi connectivity index (χ1) is 17.1. The maximum atomic E-state index is 11.0.